The zero-order chi connectivity index (χ0) is 30.8. The fourth-order valence-corrected chi connectivity index (χ4v) is 5.60. The predicted octanol–water partition coefficient (Wildman–Crippen LogP) is 6.80. The van der Waals surface area contributed by atoms with Crippen molar-refractivity contribution < 1.29 is 34.1 Å². The Labute approximate surface area is 253 Å². The van der Waals surface area contributed by atoms with Gasteiger partial charge in [-0.1, -0.05) is 87.7 Å². The van der Waals surface area contributed by atoms with Gasteiger partial charge in [-0.05, 0) is 77.5 Å². The molecule has 4 rings (SSSR count). The van der Waals surface area contributed by atoms with Gasteiger partial charge < -0.3 is 19.7 Å². The van der Waals surface area contributed by atoms with Gasteiger partial charge in [-0.25, -0.2) is 9.59 Å². The van der Waals surface area contributed by atoms with Crippen LogP contribution in [0.15, 0.2) is 78.9 Å². The molecule has 0 aliphatic heterocycles. The van der Waals surface area contributed by atoms with Gasteiger partial charge >= 0.3 is 11.9 Å². The van der Waals surface area contributed by atoms with Gasteiger partial charge in [0.15, 0.2) is 0 Å². The second-order valence-electron chi connectivity index (χ2n) is 11.2. The molecule has 1 aliphatic carbocycles. The molecule has 7 nitrogen and oxygen atoms in total. The molecule has 7 heteroatoms. The van der Waals surface area contributed by atoms with Crippen molar-refractivity contribution in [3.63, 3.8) is 0 Å². The lowest BCUT2D eigenvalue weighted by atomic mass is 9.77. The highest BCUT2D eigenvalue weighted by Gasteiger charge is 2.22. The molecule has 226 valence electrons. The van der Waals surface area contributed by atoms with Crippen molar-refractivity contribution in [1.82, 2.24) is 0 Å². The largest absolute Gasteiger partial charge is 0.423 e. The summed E-state index contributed by atoms with van der Waals surface area (Å²) in [7, 11) is 0. The second kappa shape index (κ2) is 15.4. The Hall–Kier alpha value is -4.07. The molecule has 0 heterocycles. The highest BCUT2D eigenvalue weighted by Crippen LogP contribution is 2.38. The third-order valence-corrected chi connectivity index (χ3v) is 8.15. The summed E-state index contributed by atoms with van der Waals surface area (Å²) in [5, 5.41) is 18.2. The number of aliphatic hydroxyl groups is 2. The molecule has 0 atom stereocenters. The van der Waals surface area contributed by atoms with Crippen LogP contribution in [0.2, 0.25) is 0 Å². The van der Waals surface area contributed by atoms with Gasteiger partial charge in [0.25, 0.3) is 5.78 Å². The molecule has 43 heavy (non-hydrogen) atoms. The summed E-state index contributed by atoms with van der Waals surface area (Å²) in [6.07, 6.45) is 10.5. The van der Waals surface area contributed by atoms with E-state index in [0.717, 1.165) is 22.6 Å². The van der Waals surface area contributed by atoms with E-state index >= 15 is 0 Å². The average Bonchev–Trinajstić information content (AvgIpc) is 3.04. The van der Waals surface area contributed by atoms with Crippen molar-refractivity contribution in [2.75, 3.05) is 13.2 Å². The number of ether oxygens (including phenoxy) is 2. The lowest BCUT2D eigenvalue weighted by Gasteiger charge is -2.29. The minimum Gasteiger partial charge on any atom is -0.423 e. The number of unbranched alkanes of at least 4 members (excludes halogenated alkanes) is 2. The number of carbonyl (C=O) groups excluding carboxylic acids is 3. The van der Waals surface area contributed by atoms with Crippen LogP contribution in [0, 0.1) is 5.92 Å². The van der Waals surface area contributed by atoms with Gasteiger partial charge in [-0.3, -0.25) is 4.79 Å². The highest BCUT2D eigenvalue weighted by atomic mass is 16.5. The summed E-state index contributed by atoms with van der Waals surface area (Å²) in [5.41, 5.74) is 4.71. The van der Waals surface area contributed by atoms with Crippen molar-refractivity contribution in [2.24, 2.45) is 5.92 Å². The van der Waals surface area contributed by atoms with Gasteiger partial charge in [-0.15, -0.1) is 0 Å². The minimum atomic E-state index is -1.24. The van der Waals surface area contributed by atoms with Crippen LogP contribution in [0.25, 0.3) is 22.3 Å². The maximum atomic E-state index is 12.2. The van der Waals surface area contributed by atoms with Crippen molar-refractivity contribution in [1.29, 1.82) is 0 Å². The average molecular weight is 585 g/mol. The molecule has 1 saturated carbocycles. The summed E-state index contributed by atoms with van der Waals surface area (Å²) >= 11 is 0. The Morgan fingerprint density at radius 2 is 1.26 bits per heavy atom. The van der Waals surface area contributed by atoms with Crippen LogP contribution in [0.1, 0.15) is 69.8 Å². The van der Waals surface area contributed by atoms with Gasteiger partial charge in [-0.2, -0.15) is 0 Å². The minimum absolute atomic E-state index is 0.0333. The van der Waals surface area contributed by atoms with Crippen LogP contribution in [0.4, 0.5) is 0 Å². The first kappa shape index (κ1) is 31.9. The first-order chi connectivity index (χ1) is 20.8. The van der Waals surface area contributed by atoms with E-state index in [-0.39, 0.29) is 17.1 Å². The Morgan fingerprint density at radius 1 is 0.721 bits per heavy atom. The zero-order valence-electron chi connectivity index (χ0n) is 24.7. The molecular formula is C36H40O7. The molecule has 0 amide bonds. The van der Waals surface area contributed by atoms with Crippen molar-refractivity contribution in [2.45, 2.75) is 64.2 Å². The normalized spacial score (nSPS) is 16.3. The van der Waals surface area contributed by atoms with Gasteiger partial charge in [0.2, 0.25) is 0 Å². The first-order valence-electron chi connectivity index (χ1n) is 15.0. The maximum Gasteiger partial charge on any atom is 0.382 e. The Balaban J connectivity index is 1.48. The molecule has 1 fully saturated rings. The van der Waals surface area contributed by atoms with Crippen LogP contribution < -0.4 is 9.47 Å². The third kappa shape index (κ3) is 8.72. The van der Waals surface area contributed by atoms with Crippen molar-refractivity contribution in [3.05, 3.63) is 84.4 Å². The van der Waals surface area contributed by atoms with E-state index in [9.17, 15) is 19.5 Å². The monoisotopic (exact) mass is 584 g/mol. The summed E-state index contributed by atoms with van der Waals surface area (Å²) in [5.74, 6) is -1.69. The van der Waals surface area contributed by atoms with Crippen LogP contribution in [-0.2, 0) is 14.4 Å². The molecule has 0 bridgehead atoms. The van der Waals surface area contributed by atoms with Crippen LogP contribution in [0.5, 0.6) is 11.5 Å². The van der Waals surface area contributed by atoms with Gasteiger partial charge in [0.05, 0.1) is 12.2 Å². The Morgan fingerprint density at radius 3 is 1.79 bits per heavy atom. The SMILES string of the molecule is C=C(CO)C(=O)Oc1cc(OC(=O)C(=O)CO)cc(-c2ccc(-c3ccc(C4CCC(CCCCC)CC4)cc3)cc2)c1. The quantitative estimate of drug-likeness (QED) is 0.0748. The predicted molar refractivity (Wildman–Crippen MR) is 166 cm³/mol. The maximum absolute atomic E-state index is 12.2. The molecule has 3 aromatic carbocycles. The standard InChI is InChI=1S/C36H40O7/c1-3-4-5-6-25-7-9-26(10-8-25)27-11-13-28(14-12-27)29-15-17-30(18-16-29)31-19-32(42-35(40)24(2)22-37)21-33(20-31)43-36(41)34(39)23-38/h11-21,25-26,37-38H,2-10,22-23H2,1H3. The van der Waals surface area contributed by atoms with E-state index < -0.39 is 30.9 Å². The number of hydrogen-bond acceptors (Lipinski definition) is 7. The van der Waals surface area contributed by atoms with Gasteiger partial charge in [0, 0.05) is 6.07 Å². The van der Waals surface area contributed by atoms with E-state index in [2.05, 4.69) is 37.8 Å². The lowest BCUT2D eigenvalue weighted by molar-refractivity contribution is -0.148. The highest BCUT2D eigenvalue weighted by molar-refractivity contribution is 6.34. The molecular weight excluding hydrogens is 544 g/mol. The Bertz CT molecular complexity index is 1370. The molecule has 0 aromatic heterocycles. The summed E-state index contributed by atoms with van der Waals surface area (Å²) in [6, 6.07) is 21.0. The topological polar surface area (TPSA) is 110 Å². The van der Waals surface area contributed by atoms with Crippen LogP contribution in [-0.4, -0.2) is 41.1 Å². The molecule has 0 radical (unpaired) electrons. The number of hydrogen-bond donors (Lipinski definition) is 2. The molecule has 0 spiro atoms. The van der Waals surface area contributed by atoms with Gasteiger partial charge in [0.1, 0.15) is 18.1 Å². The second-order valence-corrected chi connectivity index (χ2v) is 11.2. The van der Waals surface area contributed by atoms with Crippen LogP contribution >= 0.6 is 0 Å². The van der Waals surface area contributed by atoms with E-state index in [1.807, 2.05) is 24.3 Å². The van der Waals surface area contributed by atoms with E-state index in [4.69, 9.17) is 14.6 Å². The number of Topliss-reactive ketones (excluding diaryl/α,β-unsaturated/α-hetero) is 1. The molecule has 1 aliphatic rings. The number of carbonyl (C=O) groups is 3. The smallest absolute Gasteiger partial charge is 0.382 e. The summed E-state index contributed by atoms with van der Waals surface area (Å²) in [4.78, 5) is 35.7. The molecule has 0 saturated heterocycles. The number of rotatable bonds is 13. The summed E-state index contributed by atoms with van der Waals surface area (Å²) in [6.45, 7) is 4.16. The van der Waals surface area contributed by atoms with E-state index in [1.54, 1.807) is 6.07 Å². The Kier molecular flexibility index (Phi) is 11.4. The fraction of sp³-hybridized carbons (Fsp3) is 0.361. The van der Waals surface area contributed by atoms with Crippen molar-refractivity contribution >= 4 is 17.7 Å². The van der Waals surface area contributed by atoms with Crippen molar-refractivity contribution in [3.8, 4) is 33.8 Å². The number of aliphatic hydroxyl groups excluding tert-OH is 2. The van der Waals surface area contributed by atoms with Crippen LogP contribution in [0.3, 0.4) is 0 Å². The molecule has 3 aromatic rings. The zero-order valence-corrected chi connectivity index (χ0v) is 24.7. The fourth-order valence-electron chi connectivity index (χ4n) is 5.60. The van der Waals surface area contributed by atoms with E-state index in [0.29, 0.717) is 11.5 Å². The molecule has 2 N–H and O–H groups in total. The summed E-state index contributed by atoms with van der Waals surface area (Å²) < 4.78 is 10.4. The molecule has 0 unspecified atom stereocenters. The third-order valence-electron chi connectivity index (χ3n) is 8.15. The lowest BCUT2D eigenvalue weighted by Crippen LogP contribution is -2.23. The van der Waals surface area contributed by atoms with E-state index in [1.165, 1.54) is 69.1 Å². The number of esters is 2. The number of benzene rings is 3. The number of ketones is 1. The first-order valence-corrected chi connectivity index (χ1v) is 15.0.